The molecule has 3 aromatic heterocycles. The number of fused-ring (bicyclic) bond motifs is 1. The predicted octanol–water partition coefficient (Wildman–Crippen LogP) is 3.08. The smallest absolute Gasteiger partial charge is 0.410 e. The van der Waals surface area contributed by atoms with Crippen LogP contribution < -0.4 is 10.9 Å². The number of nitrogens with zero attached hydrogens (tertiary/aromatic N) is 5. The molecule has 14 heteroatoms. The van der Waals surface area contributed by atoms with Gasteiger partial charge in [-0.05, 0) is 43.4 Å². The topological polar surface area (TPSA) is 152 Å². The minimum atomic E-state index is -1.25. The van der Waals surface area contributed by atoms with Crippen LogP contribution in [0.5, 0.6) is 0 Å². The first-order chi connectivity index (χ1) is 20.8. The minimum Gasteiger partial charge on any atom is -0.436 e. The van der Waals surface area contributed by atoms with Gasteiger partial charge >= 0.3 is 6.09 Å². The molecule has 0 unspecified atom stereocenters. The number of aromatic nitrogens is 4. The molecule has 0 spiro atoms. The number of amides is 3. The molecule has 44 heavy (non-hydrogen) atoms. The fourth-order valence-corrected chi connectivity index (χ4v) is 4.25. The Hall–Kier alpha value is -4.59. The second kappa shape index (κ2) is 15.2. The first-order valence-electron chi connectivity index (χ1n) is 14.1. The van der Waals surface area contributed by atoms with E-state index in [9.17, 15) is 23.6 Å². The van der Waals surface area contributed by atoms with Crippen LogP contribution in [0, 0.1) is 11.7 Å². The molecule has 0 saturated heterocycles. The maximum absolute atomic E-state index is 14.6. The summed E-state index contributed by atoms with van der Waals surface area (Å²) in [7, 11) is 7.66. The first kappa shape index (κ1) is 33.9. The van der Waals surface area contributed by atoms with Crippen LogP contribution in [-0.4, -0.2) is 88.6 Å². The van der Waals surface area contributed by atoms with E-state index in [-0.39, 0.29) is 49.0 Å². The number of carbonyl (C=O) groups excluding carboxylic acids is 3. The van der Waals surface area contributed by atoms with E-state index in [4.69, 9.17) is 9.47 Å². The Morgan fingerprint density at radius 1 is 1.16 bits per heavy atom. The summed E-state index contributed by atoms with van der Waals surface area (Å²) in [6.45, 7) is 4.07. The molecule has 0 bridgehead atoms. The molecule has 0 aliphatic carbocycles. The number of halogens is 1. The van der Waals surface area contributed by atoms with Crippen molar-refractivity contribution in [2.75, 3.05) is 40.6 Å². The Morgan fingerprint density at radius 2 is 1.89 bits per heavy atom. The molecule has 3 rings (SSSR count). The molecule has 1 atom stereocenters. The molecule has 0 aromatic carbocycles. The summed E-state index contributed by atoms with van der Waals surface area (Å²) in [5.41, 5.74) is 1.12. The molecule has 0 aliphatic heterocycles. The van der Waals surface area contributed by atoms with Crippen LogP contribution in [0.3, 0.4) is 0 Å². The highest BCUT2D eigenvalue weighted by molar-refractivity contribution is 5.95. The van der Waals surface area contributed by atoms with Crippen molar-refractivity contribution in [1.29, 1.82) is 0 Å². The number of H-pyrrole nitrogens is 1. The first-order valence-corrected chi connectivity index (χ1v) is 14.1. The van der Waals surface area contributed by atoms with E-state index in [0.717, 1.165) is 6.20 Å². The molecular weight excluding hydrogens is 573 g/mol. The highest BCUT2D eigenvalue weighted by Crippen LogP contribution is 2.21. The SMILES string of the molecule is COCc1ccc(NC(=O)[C@H](CC/C=C/C(=O)N(C)C)OC(=O)N(C)C)c(=O)n1Cc1nc2c(F)cnc(CC(C)C)c2[nH]1. The lowest BCUT2D eigenvalue weighted by Gasteiger charge is -2.20. The fraction of sp³-hybridized carbons (Fsp3) is 0.467. The minimum absolute atomic E-state index is 0.0653. The predicted molar refractivity (Wildman–Crippen MR) is 163 cm³/mol. The number of imidazole rings is 1. The molecule has 3 amide bonds. The lowest BCUT2D eigenvalue weighted by Crippen LogP contribution is -2.38. The summed E-state index contributed by atoms with van der Waals surface area (Å²) in [5, 5.41) is 2.58. The van der Waals surface area contributed by atoms with Crippen LogP contribution in [0.1, 0.15) is 43.9 Å². The molecule has 0 saturated carbocycles. The van der Waals surface area contributed by atoms with Crippen molar-refractivity contribution in [2.24, 2.45) is 5.92 Å². The third kappa shape index (κ3) is 8.72. The van der Waals surface area contributed by atoms with E-state index < -0.39 is 29.5 Å². The van der Waals surface area contributed by atoms with Gasteiger partial charge in [0.2, 0.25) is 5.91 Å². The number of hydrogen-bond acceptors (Lipinski definition) is 8. The number of anilines is 1. The number of carbonyl (C=O) groups is 3. The van der Waals surface area contributed by atoms with Crippen molar-refractivity contribution in [3.63, 3.8) is 0 Å². The monoisotopic (exact) mass is 613 g/mol. The molecule has 3 heterocycles. The van der Waals surface area contributed by atoms with E-state index in [1.165, 1.54) is 47.7 Å². The van der Waals surface area contributed by atoms with Gasteiger partial charge in [-0.15, -0.1) is 0 Å². The van der Waals surface area contributed by atoms with Gasteiger partial charge in [0.25, 0.3) is 11.5 Å². The van der Waals surface area contributed by atoms with Gasteiger partial charge in [-0.1, -0.05) is 19.9 Å². The molecule has 2 N–H and O–H groups in total. The number of nitrogens with one attached hydrogen (secondary N) is 2. The van der Waals surface area contributed by atoms with E-state index >= 15 is 0 Å². The van der Waals surface area contributed by atoms with E-state index in [2.05, 4.69) is 20.3 Å². The van der Waals surface area contributed by atoms with Crippen LogP contribution in [0.15, 0.2) is 35.3 Å². The second-order valence-corrected chi connectivity index (χ2v) is 11.1. The average molecular weight is 614 g/mol. The number of likely N-dealkylation sites (N-methyl/N-ethyl adjacent to an activating group) is 1. The number of ether oxygens (including phenoxy) is 2. The Kier molecular flexibility index (Phi) is 11.7. The van der Waals surface area contributed by atoms with Gasteiger partial charge in [-0.3, -0.25) is 19.4 Å². The Bertz CT molecular complexity index is 1580. The Morgan fingerprint density at radius 3 is 2.52 bits per heavy atom. The number of methoxy groups -OCH3 is 1. The zero-order chi connectivity index (χ0) is 32.6. The zero-order valence-electron chi connectivity index (χ0n) is 26.1. The largest absolute Gasteiger partial charge is 0.436 e. The highest BCUT2D eigenvalue weighted by atomic mass is 19.1. The normalized spacial score (nSPS) is 12.1. The Labute approximate surface area is 255 Å². The maximum atomic E-state index is 14.6. The number of aromatic amines is 1. The summed E-state index contributed by atoms with van der Waals surface area (Å²) in [6.07, 6.45) is 3.02. The van der Waals surface area contributed by atoms with Gasteiger partial charge in [0.15, 0.2) is 11.9 Å². The van der Waals surface area contributed by atoms with Crippen molar-refractivity contribution < 1.29 is 28.2 Å². The number of allylic oxidation sites excluding steroid dienone is 1. The van der Waals surface area contributed by atoms with Gasteiger partial charge in [0.1, 0.15) is 17.0 Å². The summed E-state index contributed by atoms with van der Waals surface area (Å²) in [6, 6.07) is 3.06. The van der Waals surface area contributed by atoms with E-state index in [1.807, 2.05) is 13.8 Å². The summed E-state index contributed by atoms with van der Waals surface area (Å²) in [5.74, 6) is -0.939. The number of pyridine rings is 2. The van der Waals surface area contributed by atoms with Crippen molar-refractivity contribution in [3.8, 4) is 0 Å². The zero-order valence-corrected chi connectivity index (χ0v) is 26.1. The summed E-state index contributed by atoms with van der Waals surface area (Å²) < 4.78 is 26.6. The molecule has 238 valence electrons. The average Bonchev–Trinajstić information content (AvgIpc) is 3.39. The van der Waals surface area contributed by atoms with Crippen molar-refractivity contribution >= 4 is 34.6 Å². The maximum Gasteiger partial charge on any atom is 0.410 e. The van der Waals surface area contributed by atoms with E-state index in [0.29, 0.717) is 29.1 Å². The fourth-order valence-electron chi connectivity index (χ4n) is 4.25. The third-order valence-electron chi connectivity index (χ3n) is 6.52. The molecule has 0 radical (unpaired) electrons. The van der Waals surface area contributed by atoms with Gasteiger partial charge < -0.3 is 34.1 Å². The second-order valence-electron chi connectivity index (χ2n) is 11.1. The van der Waals surface area contributed by atoms with Crippen molar-refractivity contribution in [1.82, 2.24) is 29.3 Å². The number of hydrogen-bond donors (Lipinski definition) is 2. The summed E-state index contributed by atoms with van der Waals surface area (Å²) in [4.78, 5) is 65.3. The third-order valence-corrected chi connectivity index (χ3v) is 6.52. The van der Waals surface area contributed by atoms with Crippen LogP contribution in [-0.2, 0) is 38.6 Å². The molecule has 3 aromatic rings. The van der Waals surface area contributed by atoms with Gasteiger partial charge in [0.05, 0.1) is 30.6 Å². The molecular formula is C30H40FN7O6. The lowest BCUT2D eigenvalue weighted by atomic mass is 10.1. The van der Waals surface area contributed by atoms with E-state index in [1.54, 1.807) is 26.2 Å². The van der Waals surface area contributed by atoms with Gasteiger partial charge in [-0.2, -0.15) is 0 Å². The number of rotatable bonds is 13. The quantitative estimate of drug-likeness (QED) is 0.279. The molecule has 0 aliphatic rings. The van der Waals surface area contributed by atoms with Gasteiger partial charge in [-0.25, -0.2) is 14.2 Å². The van der Waals surface area contributed by atoms with Crippen LogP contribution >= 0.6 is 0 Å². The standard InChI is InChI=1S/C30H40FN7O6/c1-18(2)14-22-27-26(20(31)15-32-22)34-24(35-27)16-38-19(17-43-7)12-13-21(29(38)41)33-28(40)23(44-30(42)37(5)6)10-8-9-11-25(39)36(3)4/h9,11-13,15,18,23H,8,10,14,16-17H2,1-7H3,(H,33,40)(H,34,35)/b11-9+/t23-/m0/s1. The Balaban J connectivity index is 1.91. The van der Waals surface area contributed by atoms with Crippen molar-refractivity contribution in [2.45, 2.75) is 52.4 Å². The lowest BCUT2D eigenvalue weighted by molar-refractivity contribution is -0.125. The van der Waals surface area contributed by atoms with Crippen LogP contribution in [0.4, 0.5) is 14.9 Å². The molecule has 13 nitrogen and oxygen atoms in total. The van der Waals surface area contributed by atoms with Crippen LogP contribution in [0.2, 0.25) is 0 Å². The molecule has 0 fully saturated rings. The summed E-state index contributed by atoms with van der Waals surface area (Å²) >= 11 is 0. The highest BCUT2D eigenvalue weighted by Gasteiger charge is 2.25. The van der Waals surface area contributed by atoms with Crippen LogP contribution in [0.25, 0.3) is 11.0 Å². The van der Waals surface area contributed by atoms with Crippen molar-refractivity contribution in [3.05, 3.63) is 63.9 Å². The van der Waals surface area contributed by atoms with Gasteiger partial charge in [0, 0.05) is 41.0 Å².